The maximum atomic E-state index is 12.2. The highest BCUT2D eigenvalue weighted by Gasteiger charge is 2.27. The Bertz CT molecular complexity index is 842. The number of nitrogens with zero attached hydrogens (tertiary/aromatic N) is 1. The van der Waals surface area contributed by atoms with E-state index in [2.05, 4.69) is 0 Å². The van der Waals surface area contributed by atoms with Crippen molar-refractivity contribution in [2.75, 3.05) is 19.7 Å². The molecule has 2 heterocycles. The Morgan fingerprint density at radius 2 is 2.15 bits per heavy atom. The molecule has 2 N–H and O–H groups in total. The van der Waals surface area contributed by atoms with Crippen LogP contribution in [0.2, 0.25) is 0 Å². The lowest BCUT2D eigenvalue weighted by Crippen LogP contribution is -2.45. The number of carbonyl (C=O) groups excluding carboxylic acids is 3. The van der Waals surface area contributed by atoms with Crippen LogP contribution in [0.1, 0.15) is 24.0 Å². The number of benzene rings is 1. The van der Waals surface area contributed by atoms with Gasteiger partial charge < -0.3 is 19.8 Å². The van der Waals surface area contributed by atoms with Crippen LogP contribution < -0.4 is 5.73 Å². The van der Waals surface area contributed by atoms with Crippen molar-refractivity contribution in [3.63, 3.8) is 0 Å². The first-order valence-corrected chi connectivity index (χ1v) is 8.63. The molecule has 1 saturated heterocycles. The van der Waals surface area contributed by atoms with Gasteiger partial charge in [0.2, 0.25) is 5.91 Å². The molecule has 1 aliphatic rings. The molecule has 2 aromatic rings. The first kappa shape index (κ1) is 18.0. The molecule has 1 atom stereocenters. The standard InChI is InChI=1S/C19H22N2O5/c1-12-4-5-15-14(10-25-16(15)7-12)8-18(23)26-11-17(22)21-6-2-3-13(9-21)19(20)24/h4-5,7,10,13H,2-3,6,8-9,11H2,1H3,(H2,20,24)/t13-/m0/s1. The van der Waals surface area contributed by atoms with Crippen molar-refractivity contribution in [1.82, 2.24) is 4.90 Å². The molecule has 7 heteroatoms. The Hall–Kier alpha value is -2.83. The van der Waals surface area contributed by atoms with Gasteiger partial charge >= 0.3 is 5.97 Å². The van der Waals surface area contributed by atoms with Crippen molar-refractivity contribution in [1.29, 1.82) is 0 Å². The number of amides is 2. The fourth-order valence-electron chi connectivity index (χ4n) is 3.20. The molecule has 26 heavy (non-hydrogen) atoms. The second-order valence-corrected chi connectivity index (χ2v) is 6.68. The summed E-state index contributed by atoms with van der Waals surface area (Å²) in [5.74, 6) is -1.53. The molecule has 1 fully saturated rings. The van der Waals surface area contributed by atoms with Crippen LogP contribution in [0.25, 0.3) is 11.0 Å². The summed E-state index contributed by atoms with van der Waals surface area (Å²) in [6, 6.07) is 5.75. The summed E-state index contributed by atoms with van der Waals surface area (Å²) in [6.07, 6.45) is 2.97. The number of esters is 1. The van der Waals surface area contributed by atoms with E-state index in [1.54, 1.807) is 0 Å². The van der Waals surface area contributed by atoms with Gasteiger partial charge in [0.25, 0.3) is 5.91 Å². The molecule has 0 unspecified atom stereocenters. The third kappa shape index (κ3) is 4.04. The SMILES string of the molecule is Cc1ccc2c(CC(=O)OCC(=O)N3CCC[C@H](C(N)=O)C3)coc2c1. The topological polar surface area (TPSA) is 103 Å². The normalized spacial score (nSPS) is 17.3. The van der Waals surface area contributed by atoms with Gasteiger partial charge in [0.05, 0.1) is 18.6 Å². The molecule has 3 rings (SSSR count). The zero-order valence-corrected chi connectivity index (χ0v) is 14.7. The molecule has 2 amide bonds. The van der Waals surface area contributed by atoms with E-state index in [0.717, 1.165) is 22.1 Å². The largest absolute Gasteiger partial charge is 0.464 e. The highest BCUT2D eigenvalue weighted by molar-refractivity contribution is 5.87. The van der Waals surface area contributed by atoms with E-state index in [0.29, 0.717) is 19.4 Å². The van der Waals surface area contributed by atoms with Crippen molar-refractivity contribution >= 4 is 28.8 Å². The maximum Gasteiger partial charge on any atom is 0.310 e. The predicted molar refractivity (Wildman–Crippen MR) is 94.1 cm³/mol. The van der Waals surface area contributed by atoms with Gasteiger partial charge in [0.1, 0.15) is 5.58 Å². The van der Waals surface area contributed by atoms with Crippen molar-refractivity contribution < 1.29 is 23.5 Å². The number of nitrogens with two attached hydrogens (primary N) is 1. The van der Waals surface area contributed by atoms with E-state index in [9.17, 15) is 14.4 Å². The predicted octanol–water partition coefficient (Wildman–Crippen LogP) is 1.55. The molecule has 0 radical (unpaired) electrons. The van der Waals surface area contributed by atoms with E-state index in [1.165, 1.54) is 11.2 Å². The van der Waals surface area contributed by atoms with Crippen molar-refractivity contribution in [3.05, 3.63) is 35.6 Å². The fraction of sp³-hybridized carbons (Fsp3) is 0.421. The molecule has 1 aromatic carbocycles. The summed E-state index contributed by atoms with van der Waals surface area (Å²) in [6.45, 7) is 2.47. The van der Waals surface area contributed by atoms with Crippen molar-refractivity contribution in [2.24, 2.45) is 11.7 Å². The second kappa shape index (κ2) is 7.59. The Morgan fingerprint density at radius 3 is 2.92 bits per heavy atom. The molecular weight excluding hydrogens is 336 g/mol. The molecular formula is C19H22N2O5. The molecule has 0 saturated carbocycles. The number of primary amides is 1. The van der Waals surface area contributed by atoms with E-state index in [4.69, 9.17) is 14.9 Å². The highest BCUT2D eigenvalue weighted by atomic mass is 16.5. The van der Waals surface area contributed by atoms with Gasteiger partial charge in [-0.25, -0.2) is 0 Å². The van der Waals surface area contributed by atoms with E-state index in [1.807, 2.05) is 25.1 Å². The summed E-state index contributed by atoms with van der Waals surface area (Å²) < 4.78 is 10.6. The Kier molecular flexibility index (Phi) is 5.25. The van der Waals surface area contributed by atoms with Gasteiger partial charge in [0.15, 0.2) is 6.61 Å². The highest BCUT2D eigenvalue weighted by Crippen LogP contribution is 2.23. The van der Waals surface area contributed by atoms with Crippen LogP contribution in [0.4, 0.5) is 0 Å². The average Bonchev–Trinajstić information content (AvgIpc) is 3.01. The van der Waals surface area contributed by atoms with Crippen molar-refractivity contribution in [3.8, 4) is 0 Å². The number of rotatable bonds is 5. The van der Waals surface area contributed by atoms with Gasteiger partial charge in [-0.2, -0.15) is 0 Å². The average molecular weight is 358 g/mol. The fourth-order valence-corrected chi connectivity index (χ4v) is 3.20. The minimum Gasteiger partial charge on any atom is -0.464 e. The number of fused-ring (bicyclic) bond motifs is 1. The van der Waals surface area contributed by atoms with E-state index < -0.39 is 11.9 Å². The van der Waals surface area contributed by atoms with Gasteiger partial charge in [-0.05, 0) is 31.4 Å². The first-order chi connectivity index (χ1) is 12.4. The van der Waals surface area contributed by atoms with E-state index in [-0.39, 0.29) is 31.4 Å². The number of hydrogen-bond donors (Lipinski definition) is 1. The number of carbonyl (C=O) groups is 3. The van der Waals surface area contributed by atoms with Gasteiger partial charge in [-0.15, -0.1) is 0 Å². The van der Waals surface area contributed by atoms with Crippen LogP contribution in [0.15, 0.2) is 28.9 Å². The summed E-state index contributed by atoms with van der Waals surface area (Å²) >= 11 is 0. The van der Waals surface area contributed by atoms with Crippen LogP contribution >= 0.6 is 0 Å². The molecule has 0 aliphatic carbocycles. The van der Waals surface area contributed by atoms with E-state index >= 15 is 0 Å². The monoisotopic (exact) mass is 358 g/mol. The number of furan rings is 1. The van der Waals surface area contributed by atoms with Crippen LogP contribution in [0.3, 0.4) is 0 Å². The van der Waals surface area contributed by atoms with Gasteiger partial charge in [-0.3, -0.25) is 14.4 Å². The minimum atomic E-state index is -0.495. The van der Waals surface area contributed by atoms with Crippen LogP contribution in [-0.2, 0) is 25.5 Å². The quantitative estimate of drug-likeness (QED) is 0.817. The van der Waals surface area contributed by atoms with Crippen LogP contribution in [-0.4, -0.2) is 42.4 Å². The number of piperidine rings is 1. The van der Waals surface area contributed by atoms with Gasteiger partial charge in [0, 0.05) is 24.0 Å². The van der Waals surface area contributed by atoms with Crippen LogP contribution in [0, 0.1) is 12.8 Å². The molecule has 1 aromatic heterocycles. The van der Waals surface area contributed by atoms with Gasteiger partial charge in [-0.1, -0.05) is 12.1 Å². The number of aryl methyl sites for hydroxylation is 1. The third-order valence-corrected chi connectivity index (χ3v) is 4.68. The molecule has 1 aliphatic heterocycles. The first-order valence-electron chi connectivity index (χ1n) is 8.63. The Balaban J connectivity index is 1.53. The second-order valence-electron chi connectivity index (χ2n) is 6.68. The number of likely N-dealkylation sites (tertiary alicyclic amines) is 1. The zero-order chi connectivity index (χ0) is 18.7. The summed E-state index contributed by atoms with van der Waals surface area (Å²) in [4.78, 5) is 37.1. The smallest absolute Gasteiger partial charge is 0.310 e. The lowest BCUT2D eigenvalue weighted by Gasteiger charge is -2.31. The summed E-state index contributed by atoms with van der Waals surface area (Å²) in [5.41, 5.74) is 7.83. The molecule has 0 spiro atoms. The Morgan fingerprint density at radius 1 is 1.35 bits per heavy atom. The molecule has 7 nitrogen and oxygen atoms in total. The number of ether oxygens (including phenoxy) is 1. The van der Waals surface area contributed by atoms with Crippen LogP contribution in [0.5, 0.6) is 0 Å². The lowest BCUT2D eigenvalue weighted by molar-refractivity contribution is -0.152. The zero-order valence-electron chi connectivity index (χ0n) is 14.7. The maximum absolute atomic E-state index is 12.2. The number of hydrogen-bond acceptors (Lipinski definition) is 5. The molecule has 0 bridgehead atoms. The summed E-state index contributed by atoms with van der Waals surface area (Å²) in [7, 11) is 0. The lowest BCUT2D eigenvalue weighted by atomic mass is 9.97. The Labute approximate surface area is 151 Å². The summed E-state index contributed by atoms with van der Waals surface area (Å²) in [5, 5.41) is 0.860. The third-order valence-electron chi connectivity index (χ3n) is 4.68. The molecule has 138 valence electrons. The minimum absolute atomic E-state index is 0.0350. The van der Waals surface area contributed by atoms with Crippen molar-refractivity contribution in [2.45, 2.75) is 26.2 Å².